The number of rotatable bonds is 4. The van der Waals surface area contributed by atoms with Crippen LogP contribution in [-0.4, -0.2) is 12.4 Å². The van der Waals surface area contributed by atoms with Gasteiger partial charge in [0.05, 0.1) is 5.56 Å². The molecule has 0 spiro atoms. The van der Waals surface area contributed by atoms with Gasteiger partial charge in [0.2, 0.25) is 0 Å². The van der Waals surface area contributed by atoms with Crippen molar-refractivity contribution in [2.45, 2.75) is 20.8 Å². The van der Waals surface area contributed by atoms with Gasteiger partial charge in [-0.3, -0.25) is 4.79 Å². The molecule has 0 aliphatic heterocycles. The first kappa shape index (κ1) is 12.4. The first-order chi connectivity index (χ1) is 7.50. The summed E-state index contributed by atoms with van der Waals surface area (Å²) in [6.07, 6.45) is 1.90. The van der Waals surface area contributed by atoms with Gasteiger partial charge in [0.15, 0.2) is 5.78 Å². The van der Waals surface area contributed by atoms with E-state index in [0.29, 0.717) is 12.4 Å². The van der Waals surface area contributed by atoms with Crippen LogP contribution in [-0.2, 0) is 0 Å². The highest BCUT2D eigenvalue weighted by atomic mass is 19.1. The molecule has 0 saturated heterocycles. The van der Waals surface area contributed by atoms with Gasteiger partial charge in [-0.15, -0.1) is 0 Å². The first-order valence-electron chi connectivity index (χ1n) is 5.07. The standard InChI is InChI=1S/C13H15FO2/c1-9(2)6-7-16-11-4-5-12(10(3)15)13(14)8-11/h4-6,8H,7H2,1-3H3. The van der Waals surface area contributed by atoms with Gasteiger partial charge in [-0.05, 0) is 39.0 Å². The fourth-order valence-electron chi connectivity index (χ4n) is 1.18. The Morgan fingerprint density at radius 2 is 2.06 bits per heavy atom. The molecule has 0 radical (unpaired) electrons. The Morgan fingerprint density at radius 1 is 1.38 bits per heavy atom. The molecular weight excluding hydrogens is 207 g/mol. The topological polar surface area (TPSA) is 26.3 Å². The molecule has 1 aromatic carbocycles. The van der Waals surface area contributed by atoms with Gasteiger partial charge >= 0.3 is 0 Å². The number of halogens is 1. The third-order valence-corrected chi connectivity index (χ3v) is 2.06. The van der Waals surface area contributed by atoms with E-state index in [1.54, 1.807) is 6.07 Å². The Labute approximate surface area is 94.7 Å². The van der Waals surface area contributed by atoms with Gasteiger partial charge in [-0.1, -0.05) is 5.57 Å². The van der Waals surface area contributed by atoms with Crippen LogP contribution in [0.15, 0.2) is 29.8 Å². The zero-order chi connectivity index (χ0) is 12.1. The number of hydrogen-bond donors (Lipinski definition) is 0. The SMILES string of the molecule is CC(=O)c1ccc(OCC=C(C)C)cc1F. The number of carbonyl (C=O) groups excluding carboxylic acids is 1. The molecule has 16 heavy (non-hydrogen) atoms. The van der Waals surface area contributed by atoms with Gasteiger partial charge in [-0.25, -0.2) is 4.39 Å². The highest BCUT2D eigenvalue weighted by Gasteiger charge is 2.07. The highest BCUT2D eigenvalue weighted by Crippen LogP contribution is 2.17. The minimum Gasteiger partial charge on any atom is -0.489 e. The number of ether oxygens (including phenoxy) is 1. The summed E-state index contributed by atoms with van der Waals surface area (Å²) >= 11 is 0. The van der Waals surface area contributed by atoms with Gasteiger partial charge in [0, 0.05) is 6.07 Å². The quantitative estimate of drug-likeness (QED) is 0.576. The Kier molecular flexibility index (Phi) is 4.23. The van der Waals surface area contributed by atoms with Crippen molar-refractivity contribution in [1.29, 1.82) is 0 Å². The van der Waals surface area contributed by atoms with Crippen LogP contribution in [0.4, 0.5) is 4.39 Å². The molecule has 0 aliphatic carbocycles. The molecule has 0 amide bonds. The summed E-state index contributed by atoms with van der Waals surface area (Å²) in [5.41, 5.74) is 1.23. The van der Waals surface area contributed by atoms with Crippen LogP contribution in [0.3, 0.4) is 0 Å². The van der Waals surface area contributed by atoms with Crippen molar-refractivity contribution in [3.63, 3.8) is 0 Å². The number of benzene rings is 1. The molecule has 0 N–H and O–H groups in total. The average Bonchev–Trinajstić information content (AvgIpc) is 2.16. The summed E-state index contributed by atoms with van der Waals surface area (Å²) in [5.74, 6) is -0.393. The van der Waals surface area contributed by atoms with E-state index in [9.17, 15) is 9.18 Å². The van der Waals surface area contributed by atoms with Crippen molar-refractivity contribution in [3.8, 4) is 5.75 Å². The van der Waals surface area contributed by atoms with E-state index < -0.39 is 5.82 Å². The average molecular weight is 222 g/mol. The first-order valence-corrected chi connectivity index (χ1v) is 5.07. The van der Waals surface area contributed by atoms with Crippen LogP contribution < -0.4 is 4.74 Å². The van der Waals surface area contributed by atoms with E-state index in [2.05, 4.69) is 0 Å². The molecular formula is C13H15FO2. The summed E-state index contributed by atoms with van der Waals surface area (Å²) in [6, 6.07) is 4.27. The fraction of sp³-hybridized carbons (Fsp3) is 0.308. The molecule has 0 atom stereocenters. The predicted octanol–water partition coefficient (Wildman–Crippen LogP) is 3.37. The number of Topliss-reactive ketones (excluding diaryl/α,β-unsaturated/α-hetero) is 1. The van der Waals surface area contributed by atoms with Crippen LogP contribution in [0.2, 0.25) is 0 Å². The van der Waals surface area contributed by atoms with Crippen LogP contribution in [0.1, 0.15) is 31.1 Å². The molecule has 0 aliphatic rings. The molecule has 86 valence electrons. The molecule has 0 aromatic heterocycles. The number of hydrogen-bond acceptors (Lipinski definition) is 2. The smallest absolute Gasteiger partial charge is 0.162 e. The summed E-state index contributed by atoms with van der Waals surface area (Å²) in [7, 11) is 0. The van der Waals surface area contributed by atoms with E-state index in [-0.39, 0.29) is 11.3 Å². The van der Waals surface area contributed by atoms with E-state index in [1.165, 1.54) is 19.1 Å². The lowest BCUT2D eigenvalue weighted by Crippen LogP contribution is -1.99. The highest BCUT2D eigenvalue weighted by molar-refractivity contribution is 5.94. The zero-order valence-electron chi connectivity index (χ0n) is 9.71. The molecule has 3 heteroatoms. The molecule has 2 nitrogen and oxygen atoms in total. The van der Waals surface area contributed by atoms with Crippen molar-refractivity contribution in [3.05, 3.63) is 41.2 Å². The summed E-state index contributed by atoms with van der Waals surface area (Å²) in [4.78, 5) is 11.0. The van der Waals surface area contributed by atoms with Crippen LogP contribution in [0.25, 0.3) is 0 Å². The molecule has 0 fully saturated rings. The molecule has 0 heterocycles. The van der Waals surface area contributed by atoms with Gasteiger partial charge < -0.3 is 4.74 Å². The minimum atomic E-state index is -0.540. The van der Waals surface area contributed by atoms with E-state index >= 15 is 0 Å². The van der Waals surface area contributed by atoms with Gasteiger partial charge in [0.25, 0.3) is 0 Å². The molecule has 0 bridgehead atoms. The number of ketones is 1. The second-order valence-electron chi connectivity index (χ2n) is 3.79. The van der Waals surface area contributed by atoms with Crippen molar-refractivity contribution < 1.29 is 13.9 Å². The maximum absolute atomic E-state index is 13.4. The van der Waals surface area contributed by atoms with Crippen LogP contribution in [0.5, 0.6) is 5.75 Å². The molecule has 1 aromatic rings. The molecule has 1 rings (SSSR count). The monoisotopic (exact) mass is 222 g/mol. The second kappa shape index (κ2) is 5.45. The zero-order valence-corrected chi connectivity index (χ0v) is 9.71. The molecule has 0 saturated carbocycles. The van der Waals surface area contributed by atoms with Crippen molar-refractivity contribution in [2.75, 3.05) is 6.61 Å². The Bertz CT molecular complexity index is 418. The number of allylic oxidation sites excluding steroid dienone is 1. The Morgan fingerprint density at radius 3 is 2.56 bits per heavy atom. The third-order valence-electron chi connectivity index (χ3n) is 2.06. The Balaban J connectivity index is 2.74. The second-order valence-corrected chi connectivity index (χ2v) is 3.79. The van der Waals surface area contributed by atoms with E-state index in [0.717, 1.165) is 5.57 Å². The lowest BCUT2D eigenvalue weighted by atomic mass is 10.1. The lowest BCUT2D eigenvalue weighted by Gasteiger charge is -2.05. The normalized spacial score (nSPS) is 9.75. The summed E-state index contributed by atoms with van der Waals surface area (Å²) < 4.78 is 18.7. The van der Waals surface area contributed by atoms with E-state index in [1.807, 2.05) is 19.9 Å². The van der Waals surface area contributed by atoms with Crippen molar-refractivity contribution >= 4 is 5.78 Å². The lowest BCUT2D eigenvalue weighted by molar-refractivity contribution is 0.101. The van der Waals surface area contributed by atoms with E-state index in [4.69, 9.17) is 4.74 Å². The maximum Gasteiger partial charge on any atom is 0.162 e. The fourth-order valence-corrected chi connectivity index (χ4v) is 1.18. The van der Waals surface area contributed by atoms with Crippen molar-refractivity contribution in [1.82, 2.24) is 0 Å². The minimum absolute atomic E-state index is 0.0922. The predicted molar refractivity (Wildman–Crippen MR) is 61.3 cm³/mol. The Hall–Kier alpha value is -1.64. The van der Waals surface area contributed by atoms with Crippen molar-refractivity contribution in [2.24, 2.45) is 0 Å². The summed E-state index contributed by atoms with van der Waals surface area (Å²) in [6.45, 7) is 5.66. The van der Waals surface area contributed by atoms with Crippen LogP contribution in [0, 0.1) is 5.82 Å². The maximum atomic E-state index is 13.4. The van der Waals surface area contributed by atoms with Gasteiger partial charge in [0.1, 0.15) is 18.2 Å². The largest absolute Gasteiger partial charge is 0.489 e. The van der Waals surface area contributed by atoms with Crippen LogP contribution >= 0.6 is 0 Å². The summed E-state index contributed by atoms with van der Waals surface area (Å²) in [5, 5.41) is 0. The third kappa shape index (κ3) is 3.50. The number of carbonyl (C=O) groups is 1. The molecule has 0 unspecified atom stereocenters. The van der Waals surface area contributed by atoms with Gasteiger partial charge in [-0.2, -0.15) is 0 Å².